The second-order valence-corrected chi connectivity index (χ2v) is 4.98. The summed E-state index contributed by atoms with van der Waals surface area (Å²) in [6, 6.07) is 0. The predicted octanol–water partition coefficient (Wildman–Crippen LogP) is 2.45. The first kappa shape index (κ1) is 15.9. The molecule has 0 bridgehead atoms. The van der Waals surface area contributed by atoms with Gasteiger partial charge in [-0.1, -0.05) is 20.3 Å². The van der Waals surface area contributed by atoms with Gasteiger partial charge in [0.15, 0.2) is 0 Å². The molecule has 0 spiro atoms. The zero-order valence-corrected chi connectivity index (χ0v) is 11.6. The molecule has 1 N–H and O–H groups in total. The van der Waals surface area contributed by atoms with Crippen LogP contribution in [-0.4, -0.2) is 40.0 Å². The van der Waals surface area contributed by atoms with Crippen molar-refractivity contribution >= 4 is 0 Å². The van der Waals surface area contributed by atoms with E-state index in [0.717, 1.165) is 26.1 Å². The maximum absolute atomic E-state index is 5.37. The summed E-state index contributed by atoms with van der Waals surface area (Å²) in [5.74, 6) is 0. The largest absolute Gasteiger partial charge is 0.383 e. The highest BCUT2D eigenvalue weighted by Gasteiger charge is 2.25. The number of ether oxygens (including phenoxy) is 2. The summed E-state index contributed by atoms with van der Waals surface area (Å²) in [4.78, 5) is 0. The van der Waals surface area contributed by atoms with Gasteiger partial charge in [0.25, 0.3) is 0 Å². The fourth-order valence-electron chi connectivity index (χ4n) is 2.21. The van der Waals surface area contributed by atoms with Crippen molar-refractivity contribution in [2.24, 2.45) is 5.41 Å². The van der Waals surface area contributed by atoms with Crippen molar-refractivity contribution in [2.45, 2.75) is 46.1 Å². The Morgan fingerprint density at radius 1 is 1.31 bits per heavy atom. The van der Waals surface area contributed by atoms with E-state index in [1.807, 2.05) is 0 Å². The van der Waals surface area contributed by atoms with Crippen LogP contribution in [0.15, 0.2) is 0 Å². The molecule has 0 saturated carbocycles. The number of methoxy groups -OCH3 is 2. The van der Waals surface area contributed by atoms with Crippen LogP contribution in [0.25, 0.3) is 0 Å². The first-order valence-electron chi connectivity index (χ1n) is 6.30. The molecule has 3 nitrogen and oxygen atoms in total. The molecule has 0 aliphatic carbocycles. The van der Waals surface area contributed by atoms with E-state index in [1.165, 1.54) is 12.8 Å². The summed E-state index contributed by atoms with van der Waals surface area (Å²) in [6.07, 6.45) is 3.90. The third-order valence-electron chi connectivity index (χ3n) is 3.07. The number of rotatable bonds is 10. The van der Waals surface area contributed by atoms with Gasteiger partial charge in [-0.3, -0.25) is 0 Å². The van der Waals surface area contributed by atoms with Gasteiger partial charge in [-0.2, -0.15) is 0 Å². The normalized spacial score (nSPS) is 17.1. The Balaban J connectivity index is 4.00. The standard InChI is InChI=1S/C13H29NO2/c1-6-7-13(3,10-12(2)16-5)11-14-8-9-15-4/h12,14H,6-11H2,1-5H3. The molecule has 0 saturated heterocycles. The lowest BCUT2D eigenvalue weighted by molar-refractivity contribution is 0.0649. The highest BCUT2D eigenvalue weighted by Crippen LogP contribution is 2.29. The topological polar surface area (TPSA) is 30.5 Å². The van der Waals surface area contributed by atoms with Crippen molar-refractivity contribution < 1.29 is 9.47 Å². The Hall–Kier alpha value is -0.120. The number of hydrogen-bond acceptors (Lipinski definition) is 3. The maximum Gasteiger partial charge on any atom is 0.0587 e. The third-order valence-corrected chi connectivity index (χ3v) is 3.07. The summed E-state index contributed by atoms with van der Waals surface area (Å²) >= 11 is 0. The van der Waals surface area contributed by atoms with Crippen LogP contribution in [-0.2, 0) is 9.47 Å². The van der Waals surface area contributed by atoms with Gasteiger partial charge < -0.3 is 14.8 Å². The predicted molar refractivity (Wildman–Crippen MR) is 68.8 cm³/mol. The van der Waals surface area contributed by atoms with Crippen molar-refractivity contribution in [3.8, 4) is 0 Å². The van der Waals surface area contributed by atoms with Crippen molar-refractivity contribution in [1.29, 1.82) is 0 Å². The Kier molecular flexibility index (Phi) is 8.90. The SMILES string of the molecule is CCCC(C)(CNCCOC)CC(C)OC. The molecule has 0 aliphatic heterocycles. The van der Waals surface area contributed by atoms with Crippen LogP contribution in [0.4, 0.5) is 0 Å². The second kappa shape index (κ2) is 8.97. The van der Waals surface area contributed by atoms with E-state index in [4.69, 9.17) is 9.47 Å². The minimum absolute atomic E-state index is 0.331. The maximum atomic E-state index is 5.37. The molecule has 0 aromatic heterocycles. The quantitative estimate of drug-likeness (QED) is 0.586. The summed E-state index contributed by atoms with van der Waals surface area (Å²) in [7, 11) is 3.52. The molecule has 16 heavy (non-hydrogen) atoms. The van der Waals surface area contributed by atoms with Gasteiger partial charge in [0.05, 0.1) is 12.7 Å². The Labute approximate surface area is 101 Å². The smallest absolute Gasteiger partial charge is 0.0587 e. The van der Waals surface area contributed by atoms with Gasteiger partial charge in [-0.15, -0.1) is 0 Å². The van der Waals surface area contributed by atoms with E-state index in [0.29, 0.717) is 11.5 Å². The zero-order valence-electron chi connectivity index (χ0n) is 11.6. The van der Waals surface area contributed by atoms with Gasteiger partial charge in [0.1, 0.15) is 0 Å². The highest BCUT2D eigenvalue weighted by molar-refractivity contribution is 4.79. The van der Waals surface area contributed by atoms with E-state index in [2.05, 4.69) is 26.1 Å². The fourth-order valence-corrected chi connectivity index (χ4v) is 2.21. The van der Waals surface area contributed by atoms with Gasteiger partial charge in [-0.25, -0.2) is 0 Å². The molecule has 0 aromatic rings. The molecule has 0 radical (unpaired) electrons. The van der Waals surface area contributed by atoms with Crippen molar-refractivity contribution in [1.82, 2.24) is 5.32 Å². The molecule has 2 unspecified atom stereocenters. The molecule has 0 heterocycles. The van der Waals surface area contributed by atoms with Gasteiger partial charge >= 0.3 is 0 Å². The van der Waals surface area contributed by atoms with Crippen LogP contribution in [0.2, 0.25) is 0 Å². The lowest BCUT2D eigenvalue weighted by Crippen LogP contribution is -2.36. The van der Waals surface area contributed by atoms with Crippen LogP contribution < -0.4 is 5.32 Å². The van der Waals surface area contributed by atoms with Crippen LogP contribution in [0.1, 0.15) is 40.0 Å². The zero-order chi connectivity index (χ0) is 12.4. The summed E-state index contributed by atoms with van der Waals surface area (Å²) < 4.78 is 10.4. The molecule has 0 aromatic carbocycles. The first-order valence-corrected chi connectivity index (χ1v) is 6.30. The van der Waals surface area contributed by atoms with Crippen molar-refractivity contribution in [3.63, 3.8) is 0 Å². The molecule has 0 aliphatic rings. The summed E-state index contributed by atoms with van der Waals surface area (Å²) in [5.41, 5.74) is 0.331. The summed E-state index contributed by atoms with van der Waals surface area (Å²) in [5, 5.41) is 3.46. The van der Waals surface area contributed by atoms with Crippen LogP contribution in [0, 0.1) is 5.41 Å². The average molecular weight is 231 g/mol. The fraction of sp³-hybridized carbons (Fsp3) is 1.00. The first-order chi connectivity index (χ1) is 7.58. The van der Waals surface area contributed by atoms with Crippen LogP contribution >= 0.6 is 0 Å². The molecule has 98 valence electrons. The monoisotopic (exact) mass is 231 g/mol. The average Bonchev–Trinajstić information content (AvgIpc) is 2.24. The lowest BCUT2D eigenvalue weighted by atomic mass is 9.80. The second-order valence-electron chi connectivity index (χ2n) is 4.98. The molecule has 3 heteroatoms. The van der Waals surface area contributed by atoms with E-state index >= 15 is 0 Å². The summed E-state index contributed by atoms with van der Waals surface area (Å²) in [6.45, 7) is 9.47. The van der Waals surface area contributed by atoms with Crippen molar-refractivity contribution in [3.05, 3.63) is 0 Å². The number of hydrogen-bond donors (Lipinski definition) is 1. The van der Waals surface area contributed by atoms with Gasteiger partial charge in [0.2, 0.25) is 0 Å². The molecule has 0 amide bonds. The van der Waals surface area contributed by atoms with Gasteiger partial charge in [0, 0.05) is 27.3 Å². The highest BCUT2D eigenvalue weighted by atomic mass is 16.5. The molecule has 0 rings (SSSR count). The van der Waals surface area contributed by atoms with Crippen LogP contribution in [0.5, 0.6) is 0 Å². The molecular weight excluding hydrogens is 202 g/mol. The molecule has 0 fully saturated rings. The minimum atomic E-state index is 0.331. The van der Waals surface area contributed by atoms with E-state index in [-0.39, 0.29) is 0 Å². The third kappa shape index (κ3) is 7.20. The van der Waals surface area contributed by atoms with E-state index in [9.17, 15) is 0 Å². The number of nitrogens with one attached hydrogen (secondary N) is 1. The van der Waals surface area contributed by atoms with Gasteiger partial charge in [-0.05, 0) is 25.2 Å². The molecule has 2 atom stereocenters. The Morgan fingerprint density at radius 2 is 2.00 bits per heavy atom. The minimum Gasteiger partial charge on any atom is -0.383 e. The molecular formula is C13H29NO2. The lowest BCUT2D eigenvalue weighted by Gasteiger charge is -2.32. The van der Waals surface area contributed by atoms with E-state index in [1.54, 1.807) is 14.2 Å². The Bertz CT molecular complexity index is 164. The van der Waals surface area contributed by atoms with E-state index < -0.39 is 0 Å². The van der Waals surface area contributed by atoms with Crippen molar-refractivity contribution in [2.75, 3.05) is 33.9 Å². The Morgan fingerprint density at radius 3 is 2.50 bits per heavy atom. The van der Waals surface area contributed by atoms with Crippen LogP contribution in [0.3, 0.4) is 0 Å².